The molecule has 2 aromatic rings. The largest absolute Gasteiger partial charge is 0.491 e. The SMILES string of the molecule is CCOCCOc1cccc(CNc2cc(Cl)ccc2Cl)c1. The maximum Gasteiger partial charge on any atom is 0.119 e. The Morgan fingerprint density at radius 1 is 1.05 bits per heavy atom. The van der Waals surface area contributed by atoms with Crippen molar-refractivity contribution in [3.05, 3.63) is 58.1 Å². The molecule has 0 aromatic heterocycles. The fourth-order valence-corrected chi connectivity index (χ4v) is 2.29. The second-order valence-electron chi connectivity index (χ2n) is 4.67. The highest BCUT2D eigenvalue weighted by Gasteiger charge is 2.02. The van der Waals surface area contributed by atoms with Gasteiger partial charge in [0.1, 0.15) is 12.4 Å². The molecule has 3 nitrogen and oxygen atoms in total. The van der Waals surface area contributed by atoms with Crippen molar-refractivity contribution >= 4 is 28.9 Å². The van der Waals surface area contributed by atoms with Crippen molar-refractivity contribution in [2.24, 2.45) is 0 Å². The van der Waals surface area contributed by atoms with Gasteiger partial charge in [0.15, 0.2) is 0 Å². The van der Waals surface area contributed by atoms with Crippen molar-refractivity contribution in [2.75, 3.05) is 25.1 Å². The van der Waals surface area contributed by atoms with E-state index in [4.69, 9.17) is 32.7 Å². The third-order valence-electron chi connectivity index (χ3n) is 3.01. The van der Waals surface area contributed by atoms with E-state index in [0.717, 1.165) is 17.0 Å². The molecule has 2 aromatic carbocycles. The van der Waals surface area contributed by atoms with Crippen LogP contribution in [0, 0.1) is 0 Å². The van der Waals surface area contributed by atoms with Gasteiger partial charge < -0.3 is 14.8 Å². The second kappa shape index (κ2) is 8.89. The van der Waals surface area contributed by atoms with Gasteiger partial charge in [0.05, 0.1) is 17.3 Å². The van der Waals surface area contributed by atoms with Gasteiger partial charge in [0.25, 0.3) is 0 Å². The summed E-state index contributed by atoms with van der Waals surface area (Å²) in [4.78, 5) is 0. The molecule has 0 aliphatic rings. The van der Waals surface area contributed by atoms with E-state index in [2.05, 4.69) is 5.32 Å². The number of halogens is 2. The minimum absolute atomic E-state index is 0.546. The standard InChI is InChI=1S/C17H19Cl2NO2/c1-2-21-8-9-22-15-5-3-4-13(10-15)12-20-17-11-14(18)6-7-16(17)19/h3-7,10-11,20H,2,8-9,12H2,1H3. The quantitative estimate of drug-likeness (QED) is 0.685. The summed E-state index contributed by atoms with van der Waals surface area (Å²) >= 11 is 12.1. The van der Waals surface area contributed by atoms with Gasteiger partial charge in [-0.2, -0.15) is 0 Å². The zero-order valence-electron chi connectivity index (χ0n) is 12.4. The molecule has 0 aliphatic heterocycles. The summed E-state index contributed by atoms with van der Waals surface area (Å²) in [5.41, 5.74) is 1.92. The molecule has 0 atom stereocenters. The van der Waals surface area contributed by atoms with Crippen molar-refractivity contribution in [2.45, 2.75) is 13.5 Å². The minimum Gasteiger partial charge on any atom is -0.491 e. The van der Waals surface area contributed by atoms with Gasteiger partial charge in [0, 0.05) is 18.2 Å². The normalized spacial score (nSPS) is 10.5. The summed E-state index contributed by atoms with van der Waals surface area (Å²) in [6.07, 6.45) is 0. The lowest BCUT2D eigenvalue weighted by Gasteiger charge is -2.11. The molecule has 0 saturated heterocycles. The highest BCUT2D eigenvalue weighted by atomic mass is 35.5. The van der Waals surface area contributed by atoms with Crippen molar-refractivity contribution < 1.29 is 9.47 Å². The minimum atomic E-state index is 0.546. The molecule has 1 N–H and O–H groups in total. The van der Waals surface area contributed by atoms with Gasteiger partial charge in [-0.3, -0.25) is 0 Å². The molecule has 0 unspecified atom stereocenters. The summed E-state index contributed by atoms with van der Waals surface area (Å²) < 4.78 is 10.9. The third kappa shape index (κ3) is 5.41. The Balaban J connectivity index is 1.91. The van der Waals surface area contributed by atoms with Crippen LogP contribution in [0.4, 0.5) is 5.69 Å². The van der Waals surface area contributed by atoms with Gasteiger partial charge in [-0.1, -0.05) is 35.3 Å². The van der Waals surface area contributed by atoms with Crippen LogP contribution in [0.25, 0.3) is 0 Å². The predicted octanol–water partition coefficient (Wildman–Crippen LogP) is 5.02. The highest BCUT2D eigenvalue weighted by molar-refractivity contribution is 6.35. The van der Waals surface area contributed by atoms with Crippen LogP contribution in [0.1, 0.15) is 12.5 Å². The van der Waals surface area contributed by atoms with Crippen LogP contribution >= 0.6 is 23.2 Å². The fourth-order valence-electron chi connectivity index (χ4n) is 1.94. The summed E-state index contributed by atoms with van der Waals surface area (Å²) in [5, 5.41) is 4.58. The lowest BCUT2D eigenvalue weighted by atomic mass is 10.2. The van der Waals surface area contributed by atoms with E-state index in [-0.39, 0.29) is 0 Å². The average Bonchev–Trinajstić information content (AvgIpc) is 2.53. The Morgan fingerprint density at radius 3 is 2.73 bits per heavy atom. The molecule has 0 spiro atoms. The number of hydrogen-bond acceptors (Lipinski definition) is 3. The van der Waals surface area contributed by atoms with E-state index in [1.54, 1.807) is 12.1 Å². The highest BCUT2D eigenvalue weighted by Crippen LogP contribution is 2.26. The number of hydrogen-bond donors (Lipinski definition) is 1. The topological polar surface area (TPSA) is 30.5 Å². The molecule has 0 aliphatic carbocycles. The molecule has 22 heavy (non-hydrogen) atoms. The van der Waals surface area contributed by atoms with Gasteiger partial charge in [-0.05, 0) is 42.8 Å². The molecule has 2 rings (SSSR count). The number of anilines is 1. The summed E-state index contributed by atoms with van der Waals surface area (Å²) in [6, 6.07) is 13.3. The molecule has 0 radical (unpaired) electrons. The molecule has 5 heteroatoms. The van der Waals surface area contributed by atoms with E-state index in [1.165, 1.54) is 0 Å². The van der Waals surface area contributed by atoms with Gasteiger partial charge in [-0.25, -0.2) is 0 Å². The predicted molar refractivity (Wildman–Crippen MR) is 92.2 cm³/mol. The molecule has 0 fully saturated rings. The number of rotatable bonds is 8. The van der Waals surface area contributed by atoms with Crippen molar-refractivity contribution in [3.63, 3.8) is 0 Å². The van der Waals surface area contributed by atoms with Crippen LogP contribution in [0.3, 0.4) is 0 Å². The molecular formula is C17H19Cl2NO2. The van der Waals surface area contributed by atoms with E-state index < -0.39 is 0 Å². The lowest BCUT2D eigenvalue weighted by Crippen LogP contribution is -2.06. The Hall–Kier alpha value is -1.42. The smallest absolute Gasteiger partial charge is 0.119 e. The molecule has 0 heterocycles. The van der Waals surface area contributed by atoms with Gasteiger partial charge in [-0.15, -0.1) is 0 Å². The van der Waals surface area contributed by atoms with Gasteiger partial charge >= 0.3 is 0 Å². The Bertz CT molecular complexity index is 605. The average molecular weight is 340 g/mol. The number of benzene rings is 2. The van der Waals surface area contributed by atoms with Crippen LogP contribution in [0.5, 0.6) is 5.75 Å². The number of ether oxygens (including phenoxy) is 2. The van der Waals surface area contributed by atoms with Crippen LogP contribution in [-0.2, 0) is 11.3 Å². The Morgan fingerprint density at radius 2 is 1.91 bits per heavy atom. The first-order chi connectivity index (χ1) is 10.7. The molecule has 118 valence electrons. The van der Waals surface area contributed by atoms with E-state index in [9.17, 15) is 0 Å². The van der Waals surface area contributed by atoms with E-state index in [1.807, 2.05) is 37.3 Å². The van der Waals surface area contributed by atoms with Crippen molar-refractivity contribution in [1.29, 1.82) is 0 Å². The summed E-state index contributed by atoms with van der Waals surface area (Å²) in [6.45, 7) is 4.45. The van der Waals surface area contributed by atoms with Gasteiger partial charge in [0.2, 0.25) is 0 Å². The molecule has 0 bridgehead atoms. The molecule has 0 saturated carbocycles. The summed E-state index contributed by atoms with van der Waals surface area (Å²) in [5.74, 6) is 0.830. The van der Waals surface area contributed by atoms with Crippen LogP contribution < -0.4 is 10.1 Å². The lowest BCUT2D eigenvalue weighted by molar-refractivity contribution is 0.110. The Labute approximate surface area is 141 Å². The first-order valence-electron chi connectivity index (χ1n) is 7.17. The van der Waals surface area contributed by atoms with E-state index >= 15 is 0 Å². The summed E-state index contributed by atoms with van der Waals surface area (Å²) in [7, 11) is 0. The zero-order valence-corrected chi connectivity index (χ0v) is 14.0. The maximum absolute atomic E-state index is 6.13. The first kappa shape index (κ1) is 16.9. The van der Waals surface area contributed by atoms with Crippen molar-refractivity contribution in [3.8, 4) is 5.75 Å². The number of nitrogens with one attached hydrogen (secondary N) is 1. The van der Waals surface area contributed by atoms with E-state index in [0.29, 0.717) is 36.4 Å². The van der Waals surface area contributed by atoms with Crippen LogP contribution in [-0.4, -0.2) is 19.8 Å². The Kier molecular flexibility index (Phi) is 6.84. The maximum atomic E-state index is 6.13. The zero-order chi connectivity index (χ0) is 15.8. The molecular weight excluding hydrogens is 321 g/mol. The fraction of sp³-hybridized carbons (Fsp3) is 0.294. The first-order valence-corrected chi connectivity index (χ1v) is 7.93. The second-order valence-corrected chi connectivity index (χ2v) is 5.51. The third-order valence-corrected chi connectivity index (χ3v) is 3.58. The molecule has 0 amide bonds. The van der Waals surface area contributed by atoms with Crippen LogP contribution in [0.2, 0.25) is 10.0 Å². The van der Waals surface area contributed by atoms with Crippen molar-refractivity contribution in [1.82, 2.24) is 0 Å². The van der Waals surface area contributed by atoms with Crippen LogP contribution in [0.15, 0.2) is 42.5 Å². The monoisotopic (exact) mass is 339 g/mol.